The van der Waals surface area contributed by atoms with E-state index in [0.717, 1.165) is 30.1 Å². The maximum absolute atomic E-state index is 12.0. The average Bonchev–Trinajstić information content (AvgIpc) is 2.68. The predicted octanol–water partition coefficient (Wildman–Crippen LogP) is 1.18. The fourth-order valence-electron chi connectivity index (χ4n) is 1.98. The molecule has 2 N–H and O–H groups in total. The van der Waals surface area contributed by atoms with Crippen LogP contribution in [0.2, 0.25) is 0 Å². The molecule has 0 bridgehead atoms. The van der Waals surface area contributed by atoms with Gasteiger partial charge in [-0.1, -0.05) is 6.92 Å². The predicted molar refractivity (Wildman–Crippen MR) is 64.8 cm³/mol. The van der Waals surface area contributed by atoms with E-state index >= 15 is 0 Å². The Hall–Kier alpha value is -0.940. The number of thiazole rings is 1. The fourth-order valence-corrected chi connectivity index (χ4v) is 2.69. The maximum Gasteiger partial charge on any atom is 0.263 e. The number of hydrogen-bond acceptors (Lipinski definition) is 4. The molecule has 2 unspecified atom stereocenters. The van der Waals surface area contributed by atoms with Gasteiger partial charge < -0.3 is 10.6 Å². The molecule has 88 valence electrons. The van der Waals surface area contributed by atoms with Crippen LogP contribution in [-0.4, -0.2) is 30.0 Å². The van der Waals surface area contributed by atoms with Crippen LogP contribution in [0, 0.1) is 12.8 Å². The lowest BCUT2D eigenvalue weighted by molar-refractivity contribution is 0.0917. The number of carbonyl (C=O) groups excluding carboxylic acids is 1. The minimum absolute atomic E-state index is 0.0266. The van der Waals surface area contributed by atoms with Gasteiger partial charge in [-0.2, -0.15) is 0 Å². The molecule has 1 aliphatic rings. The molecule has 0 aromatic carbocycles. The van der Waals surface area contributed by atoms with Crippen LogP contribution < -0.4 is 10.6 Å². The van der Waals surface area contributed by atoms with Crippen molar-refractivity contribution in [2.45, 2.75) is 26.3 Å². The zero-order chi connectivity index (χ0) is 11.5. The summed E-state index contributed by atoms with van der Waals surface area (Å²) < 4.78 is 0. The molecule has 0 radical (unpaired) electrons. The normalized spacial score (nSPS) is 25.4. The van der Waals surface area contributed by atoms with E-state index in [-0.39, 0.29) is 11.9 Å². The number of hydrogen-bond donors (Lipinski definition) is 2. The minimum Gasteiger partial charge on any atom is -0.348 e. The average molecular weight is 239 g/mol. The van der Waals surface area contributed by atoms with Gasteiger partial charge >= 0.3 is 0 Å². The van der Waals surface area contributed by atoms with Gasteiger partial charge in [0.25, 0.3) is 5.91 Å². The van der Waals surface area contributed by atoms with E-state index in [9.17, 15) is 4.79 Å². The van der Waals surface area contributed by atoms with Crippen molar-refractivity contribution < 1.29 is 4.79 Å². The van der Waals surface area contributed by atoms with Crippen molar-refractivity contribution in [2.24, 2.45) is 5.92 Å². The number of rotatable bonds is 2. The highest BCUT2D eigenvalue weighted by Crippen LogP contribution is 2.15. The number of amides is 1. The number of aryl methyl sites for hydroxylation is 1. The van der Waals surface area contributed by atoms with Gasteiger partial charge in [0.15, 0.2) is 0 Å². The Kier molecular flexibility index (Phi) is 3.56. The molecule has 5 heteroatoms. The molecule has 1 aromatic heterocycles. The molecule has 1 amide bonds. The number of nitrogens with one attached hydrogen (secondary N) is 2. The molecular formula is C11H17N3OS. The van der Waals surface area contributed by atoms with Crippen LogP contribution >= 0.6 is 11.3 Å². The third kappa shape index (κ3) is 2.41. The Morgan fingerprint density at radius 1 is 1.69 bits per heavy atom. The molecular weight excluding hydrogens is 222 g/mol. The highest BCUT2D eigenvalue weighted by molar-refractivity contribution is 7.11. The largest absolute Gasteiger partial charge is 0.348 e. The van der Waals surface area contributed by atoms with E-state index in [0.29, 0.717) is 5.92 Å². The summed E-state index contributed by atoms with van der Waals surface area (Å²) >= 11 is 1.41. The van der Waals surface area contributed by atoms with Gasteiger partial charge in [0, 0.05) is 6.04 Å². The second kappa shape index (κ2) is 4.93. The van der Waals surface area contributed by atoms with E-state index in [2.05, 4.69) is 22.5 Å². The topological polar surface area (TPSA) is 54.0 Å². The van der Waals surface area contributed by atoms with Crippen LogP contribution in [0.15, 0.2) is 5.51 Å². The Morgan fingerprint density at radius 3 is 3.12 bits per heavy atom. The van der Waals surface area contributed by atoms with Crippen LogP contribution in [-0.2, 0) is 0 Å². The molecule has 1 saturated heterocycles. The second-order valence-corrected chi connectivity index (χ2v) is 5.17. The van der Waals surface area contributed by atoms with Gasteiger partial charge in [-0.15, -0.1) is 11.3 Å². The van der Waals surface area contributed by atoms with E-state index in [4.69, 9.17) is 0 Å². The summed E-state index contributed by atoms with van der Waals surface area (Å²) in [5.41, 5.74) is 2.54. The van der Waals surface area contributed by atoms with Gasteiger partial charge in [0.05, 0.1) is 11.2 Å². The van der Waals surface area contributed by atoms with Crippen molar-refractivity contribution >= 4 is 17.2 Å². The van der Waals surface area contributed by atoms with Crippen molar-refractivity contribution in [1.82, 2.24) is 15.6 Å². The maximum atomic E-state index is 12.0. The molecule has 4 nitrogen and oxygen atoms in total. The van der Waals surface area contributed by atoms with E-state index < -0.39 is 0 Å². The first-order valence-electron chi connectivity index (χ1n) is 5.60. The summed E-state index contributed by atoms with van der Waals surface area (Å²) in [6.07, 6.45) is 1.00. The molecule has 16 heavy (non-hydrogen) atoms. The Balaban J connectivity index is 1.99. The lowest BCUT2D eigenvalue weighted by Gasteiger charge is -2.30. The molecule has 1 aromatic rings. The SMILES string of the molecule is Cc1ncsc1C(=O)NC1CCNCC1C. The summed E-state index contributed by atoms with van der Waals surface area (Å²) in [5.74, 6) is 0.518. The van der Waals surface area contributed by atoms with Gasteiger partial charge in [0.2, 0.25) is 0 Å². The lowest BCUT2D eigenvalue weighted by atomic mass is 9.95. The van der Waals surface area contributed by atoms with Gasteiger partial charge in [-0.3, -0.25) is 4.79 Å². The molecule has 0 saturated carbocycles. The van der Waals surface area contributed by atoms with Crippen LogP contribution in [0.3, 0.4) is 0 Å². The molecule has 0 aliphatic carbocycles. The molecule has 2 rings (SSSR count). The third-order valence-corrected chi connectivity index (χ3v) is 3.98. The number of aromatic nitrogens is 1. The molecule has 1 aliphatic heterocycles. The van der Waals surface area contributed by atoms with E-state index in [1.807, 2.05) is 6.92 Å². The highest BCUT2D eigenvalue weighted by Gasteiger charge is 2.24. The molecule has 2 atom stereocenters. The Labute approximate surface area is 99.5 Å². The summed E-state index contributed by atoms with van der Waals surface area (Å²) in [7, 11) is 0. The third-order valence-electron chi connectivity index (χ3n) is 3.05. The van der Waals surface area contributed by atoms with E-state index in [1.54, 1.807) is 5.51 Å². The Bertz CT molecular complexity index is 377. The number of piperidine rings is 1. The van der Waals surface area contributed by atoms with Crippen LogP contribution in [0.5, 0.6) is 0 Å². The van der Waals surface area contributed by atoms with Crippen LogP contribution in [0.4, 0.5) is 0 Å². The van der Waals surface area contributed by atoms with Crippen molar-refractivity contribution in [3.05, 3.63) is 16.1 Å². The quantitative estimate of drug-likeness (QED) is 0.815. The highest BCUT2D eigenvalue weighted by atomic mass is 32.1. The summed E-state index contributed by atoms with van der Waals surface area (Å²) in [6, 6.07) is 0.287. The summed E-state index contributed by atoms with van der Waals surface area (Å²) in [5, 5.41) is 6.43. The number of carbonyl (C=O) groups is 1. The van der Waals surface area contributed by atoms with Crippen molar-refractivity contribution in [3.63, 3.8) is 0 Å². The van der Waals surface area contributed by atoms with Crippen molar-refractivity contribution in [3.8, 4) is 0 Å². The zero-order valence-electron chi connectivity index (χ0n) is 9.62. The minimum atomic E-state index is 0.0266. The van der Waals surface area contributed by atoms with Gasteiger partial charge in [-0.25, -0.2) is 4.98 Å². The fraction of sp³-hybridized carbons (Fsp3) is 0.636. The smallest absolute Gasteiger partial charge is 0.263 e. The van der Waals surface area contributed by atoms with Gasteiger partial charge in [-0.05, 0) is 32.4 Å². The molecule has 1 fully saturated rings. The lowest BCUT2D eigenvalue weighted by Crippen LogP contribution is -2.48. The number of nitrogens with zero attached hydrogens (tertiary/aromatic N) is 1. The van der Waals surface area contributed by atoms with Crippen LogP contribution in [0.25, 0.3) is 0 Å². The van der Waals surface area contributed by atoms with Crippen molar-refractivity contribution in [2.75, 3.05) is 13.1 Å². The summed E-state index contributed by atoms with van der Waals surface area (Å²) in [6.45, 7) is 6.00. The first kappa shape index (κ1) is 11.5. The molecule has 2 heterocycles. The molecule has 0 spiro atoms. The second-order valence-electron chi connectivity index (χ2n) is 4.32. The van der Waals surface area contributed by atoms with Crippen molar-refractivity contribution in [1.29, 1.82) is 0 Å². The first-order chi connectivity index (χ1) is 7.68. The standard InChI is InChI=1S/C11H17N3OS/c1-7-5-12-4-3-9(7)14-11(15)10-8(2)13-6-16-10/h6-7,9,12H,3-5H2,1-2H3,(H,14,15). The van der Waals surface area contributed by atoms with Crippen LogP contribution in [0.1, 0.15) is 28.7 Å². The van der Waals surface area contributed by atoms with Gasteiger partial charge in [0.1, 0.15) is 4.88 Å². The summed E-state index contributed by atoms with van der Waals surface area (Å²) in [4.78, 5) is 16.8. The first-order valence-corrected chi connectivity index (χ1v) is 6.48. The monoisotopic (exact) mass is 239 g/mol. The van der Waals surface area contributed by atoms with E-state index in [1.165, 1.54) is 11.3 Å². The Morgan fingerprint density at radius 2 is 2.50 bits per heavy atom. The zero-order valence-corrected chi connectivity index (χ0v) is 10.4.